The lowest BCUT2D eigenvalue weighted by molar-refractivity contribution is -0.0293. The Morgan fingerprint density at radius 2 is 1.76 bits per heavy atom. The zero-order valence-corrected chi connectivity index (χ0v) is 16.1. The molecule has 2 N–H and O–H groups in total. The van der Waals surface area contributed by atoms with Crippen LogP contribution in [-0.4, -0.2) is 31.8 Å². The molecule has 0 aliphatic carbocycles. The van der Waals surface area contributed by atoms with Gasteiger partial charge >= 0.3 is 0 Å². The van der Waals surface area contributed by atoms with Gasteiger partial charge in [0.05, 0.1) is 11.5 Å². The molecule has 2 aromatic heterocycles. The molecule has 3 heterocycles. The number of benzene rings is 2. The van der Waals surface area contributed by atoms with E-state index in [1.165, 1.54) is 0 Å². The Morgan fingerprint density at radius 3 is 2.45 bits per heavy atom. The van der Waals surface area contributed by atoms with Gasteiger partial charge in [0.1, 0.15) is 23.9 Å². The summed E-state index contributed by atoms with van der Waals surface area (Å²) in [6, 6.07) is 20.1. The number of hydrogen-bond acceptors (Lipinski definition) is 5. The van der Waals surface area contributed by atoms with Gasteiger partial charge < -0.3 is 19.7 Å². The van der Waals surface area contributed by atoms with Crippen LogP contribution < -0.4 is 5.32 Å². The molecule has 1 saturated heterocycles. The van der Waals surface area contributed by atoms with E-state index in [-0.39, 0.29) is 6.10 Å². The van der Waals surface area contributed by atoms with E-state index < -0.39 is 12.3 Å². The van der Waals surface area contributed by atoms with Crippen molar-refractivity contribution in [2.75, 3.05) is 5.32 Å². The number of para-hydroxylation sites is 1. The molecule has 6 heteroatoms. The largest absolute Gasteiger partial charge is 0.388 e. The Bertz CT molecular complexity index is 1130. The summed E-state index contributed by atoms with van der Waals surface area (Å²) in [4.78, 5) is 9.08. The standard InChI is InChI=1S/C23H22N4O2/c1-15-12-19(28)23(29-15)27-13-18(16-8-4-2-5-9-16)20-21(24-14-25-22(20)27)26-17-10-6-3-7-11-17/h2-11,13-15,19,23,28H,12H2,1H3,(H,24,25,26)/t15-,19-,23-/m1/s1. The van der Waals surface area contributed by atoms with Crippen molar-refractivity contribution in [3.63, 3.8) is 0 Å². The Balaban J connectivity index is 1.71. The van der Waals surface area contributed by atoms with Gasteiger partial charge in [-0.1, -0.05) is 48.5 Å². The lowest BCUT2D eigenvalue weighted by Gasteiger charge is -2.17. The highest BCUT2D eigenvalue weighted by molar-refractivity contribution is 6.02. The first-order valence-corrected chi connectivity index (χ1v) is 9.77. The smallest absolute Gasteiger partial charge is 0.161 e. The first kappa shape index (κ1) is 17.8. The molecule has 0 amide bonds. The minimum Gasteiger partial charge on any atom is -0.388 e. The molecule has 1 aliphatic rings. The lowest BCUT2D eigenvalue weighted by atomic mass is 10.1. The molecule has 1 fully saturated rings. The van der Waals surface area contributed by atoms with E-state index in [1.54, 1.807) is 6.33 Å². The molecular weight excluding hydrogens is 364 g/mol. The Kier molecular flexibility index (Phi) is 4.50. The highest BCUT2D eigenvalue weighted by Crippen LogP contribution is 2.39. The number of anilines is 2. The van der Waals surface area contributed by atoms with Crippen LogP contribution in [0.3, 0.4) is 0 Å². The van der Waals surface area contributed by atoms with Crippen molar-refractivity contribution in [3.8, 4) is 11.1 Å². The van der Waals surface area contributed by atoms with E-state index in [2.05, 4.69) is 27.4 Å². The van der Waals surface area contributed by atoms with Gasteiger partial charge in [-0.05, 0) is 24.6 Å². The van der Waals surface area contributed by atoms with Gasteiger partial charge in [-0.3, -0.25) is 0 Å². The number of aliphatic hydroxyl groups is 1. The Labute approximate surface area is 168 Å². The van der Waals surface area contributed by atoms with Crippen LogP contribution in [-0.2, 0) is 4.74 Å². The first-order chi connectivity index (χ1) is 14.2. The maximum absolute atomic E-state index is 10.6. The molecule has 0 radical (unpaired) electrons. The number of nitrogens with zero attached hydrogens (tertiary/aromatic N) is 3. The van der Waals surface area contributed by atoms with Gasteiger partial charge in [-0.15, -0.1) is 0 Å². The van der Waals surface area contributed by atoms with E-state index >= 15 is 0 Å². The summed E-state index contributed by atoms with van der Waals surface area (Å²) in [5, 5.41) is 14.9. The van der Waals surface area contributed by atoms with Crippen molar-refractivity contribution in [1.29, 1.82) is 0 Å². The van der Waals surface area contributed by atoms with E-state index in [1.807, 2.05) is 66.2 Å². The first-order valence-electron chi connectivity index (χ1n) is 9.77. The summed E-state index contributed by atoms with van der Waals surface area (Å²) in [6.45, 7) is 1.98. The SMILES string of the molecule is C[C@@H]1C[C@@H](O)[C@H](n2cc(-c3ccccc3)c3c(Nc4ccccc4)ncnc32)O1. The van der Waals surface area contributed by atoms with Crippen LogP contribution in [0, 0.1) is 0 Å². The fourth-order valence-electron chi connectivity index (χ4n) is 3.96. The minimum atomic E-state index is -0.579. The average Bonchev–Trinajstić information content (AvgIpc) is 3.29. The fraction of sp³-hybridized carbons (Fsp3) is 0.217. The molecule has 5 rings (SSSR count). The van der Waals surface area contributed by atoms with Gasteiger partial charge in [0, 0.05) is 23.9 Å². The van der Waals surface area contributed by atoms with Crippen molar-refractivity contribution in [3.05, 3.63) is 73.2 Å². The number of rotatable bonds is 4. The Morgan fingerprint density at radius 1 is 1.03 bits per heavy atom. The fourth-order valence-corrected chi connectivity index (χ4v) is 3.96. The average molecular weight is 386 g/mol. The predicted molar refractivity (Wildman–Crippen MR) is 113 cm³/mol. The molecule has 3 atom stereocenters. The van der Waals surface area contributed by atoms with Crippen LogP contribution >= 0.6 is 0 Å². The molecule has 0 spiro atoms. The molecule has 4 aromatic rings. The quantitative estimate of drug-likeness (QED) is 0.540. The summed E-state index contributed by atoms with van der Waals surface area (Å²) in [5.74, 6) is 0.722. The van der Waals surface area contributed by atoms with E-state index in [9.17, 15) is 5.11 Å². The van der Waals surface area contributed by atoms with Crippen LogP contribution in [0.4, 0.5) is 11.5 Å². The summed E-state index contributed by atoms with van der Waals surface area (Å²) >= 11 is 0. The zero-order chi connectivity index (χ0) is 19.8. The topological polar surface area (TPSA) is 72.2 Å². The molecule has 2 aromatic carbocycles. The summed E-state index contributed by atoms with van der Waals surface area (Å²) in [6.07, 6.45) is 3.11. The molecule has 6 nitrogen and oxygen atoms in total. The number of fused-ring (bicyclic) bond motifs is 1. The normalized spacial score (nSPS) is 21.5. The molecule has 29 heavy (non-hydrogen) atoms. The predicted octanol–water partition coefficient (Wildman–Crippen LogP) is 4.51. The van der Waals surface area contributed by atoms with E-state index in [4.69, 9.17) is 4.74 Å². The van der Waals surface area contributed by atoms with Crippen LogP contribution in [0.25, 0.3) is 22.2 Å². The molecule has 146 valence electrons. The van der Waals surface area contributed by atoms with Crippen molar-refractivity contribution >= 4 is 22.5 Å². The number of nitrogens with one attached hydrogen (secondary N) is 1. The van der Waals surface area contributed by atoms with Crippen LogP contribution in [0.15, 0.2) is 73.2 Å². The molecular formula is C23H22N4O2. The summed E-state index contributed by atoms with van der Waals surface area (Å²) in [5.41, 5.74) is 3.73. The van der Waals surface area contributed by atoms with E-state index in [0.717, 1.165) is 33.7 Å². The van der Waals surface area contributed by atoms with Gasteiger partial charge in [-0.2, -0.15) is 0 Å². The number of aliphatic hydroxyl groups excluding tert-OH is 1. The van der Waals surface area contributed by atoms with Crippen LogP contribution in [0.5, 0.6) is 0 Å². The number of aromatic nitrogens is 3. The van der Waals surface area contributed by atoms with E-state index in [0.29, 0.717) is 6.42 Å². The molecule has 1 aliphatic heterocycles. The lowest BCUT2D eigenvalue weighted by Crippen LogP contribution is -2.19. The minimum absolute atomic E-state index is 0.00335. The maximum atomic E-state index is 10.6. The second kappa shape index (κ2) is 7.31. The number of ether oxygens (including phenoxy) is 1. The summed E-state index contributed by atoms with van der Waals surface area (Å²) in [7, 11) is 0. The van der Waals surface area contributed by atoms with Crippen LogP contribution in [0.2, 0.25) is 0 Å². The molecule has 0 saturated carbocycles. The molecule has 0 unspecified atom stereocenters. The monoisotopic (exact) mass is 386 g/mol. The van der Waals surface area contributed by atoms with Gasteiger partial charge in [0.15, 0.2) is 6.23 Å². The third-order valence-electron chi connectivity index (χ3n) is 5.28. The van der Waals surface area contributed by atoms with Crippen LogP contribution in [0.1, 0.15) is 19.6 Å². The van der Waals surface area contributed by atoms with Gasteiger partial charge in [0.2, 0.25) is 0 Å². The highest BCUT2D eigenvalue weighted by Gasteiger charge is 2.34. The maximum Gasteiger partial charge on any atom is 0.161 e. The van der Waals surface area contributed by atoms with Gasteiger partial charge in [0.25, 0.3) is 0 Å². The third-order valence-corrected chi connectivity index (χ3v) is 5.28. The number of hydrogen-bond donors (Lipinski definition) is 2. The second-order valence-electron chi connectivity index (χ2n) is 7.37. The molecule has 0 bridgehead atoms. The Hall–Kier alpha value is -3.22. The second-order valence-corrected chi connectivity index (χ2v) is 7.37. The van der Waals surface area contributed by atoms with Crippen molar-refractivity contribution in [1.82, 2.24) is 14.5 Å². The van der Waals surface area contributed by atoms with Gasteiger partial charge in [-0.25, -0.2) is 9.97 Å². The van der Waals surface area contributed by atoms with Crippen molar-refractivity contribution in [2.45, 2.75) is 31.8 Å². The van der Waals surface area contributed by atoms with Crippen molar-refractivity contribution < 1.29 is 9.84 Å². The third kappa shape index (κ3) is 3.26. The van der Waals surface area contributed by atoms with Crippen molar-refractivity contribution in [2.24, 2.45) is 0 Å². The summed E-state index contributed by atoms with van der Waals surface area (Å²) < 4.78 is 7.94. The highest BCUT2D eigenvalue weighted by atomic mass is 16.5. The zero-order valence-electron chi connectivity index (χ0n) is 16.1.